The van der Waals surface area contributed by atoms with Gasteiger partial charge in [-0.3, -0.25) is 4.90 Å². The molecule has 3 aromatic carbocycles. The van der Waals surface area contributed by atoms with Gasteiger partial charge in [-0.1, -0.05) is 24.3 Å². The molecule has 5 rings (SSSR count). The number of likely N-dealkylation sites (tertiary alicyclic amines) is 1. The molecule has 182 valence electrons. The Morgan fingerprint density at radius 2 is 1.83 bits per heavy atom. The fraction of sp³-hybridized carbons (Fsp3) is 0.310. The summed E-state index contributed by atoms with van der Waals surface area (Å²) in [6.45, 7) is 4.64. The third kappa shape index (κ3) is 5.13. The Labute approximate surface area is 205 Å². The molecule has 2 aliphatic rings. The quantitative estimate of drug-likeness (QED) is 0.460. The molecule has 0 radical (unpaired) electrons. The van der Waals surface area contributed by atoms with E-state index in [1.807, 2.05) is 43.3 Å². The Morgan fingerprint density at radius 1 is 1.03 bits per heavy atom. The lowest BCUT2D eigenvalue weighted by molar-refractivity contribution is 0.121. The topological polar surface area (TPSA) is 62.2 Å². The largest absolute Gasteiger partial charge is 0.508 e. The Bertz CT molecular complexity index is 1220. The van der Waals surface area contributed by atoms with Gasteiger partial charge < -0.3 is 19.7 Å². The summed E-state index contributed by atoms with van der Waals surface area (Å²) in [5.74, 6) is 1.80. The molecule has 0 spiro atoms. The first-order valence-electron chi connectivity index (χ1n) is 12.1. The van der Waals surface area contributed by atoms with Crippen molar-refractivity contribution in [3.8, 4) is 23.0 Å². The third-order valence-electron chi connectivity index (χ3n) is 6.74. The molecule has 6 heteroatoms. The molecule has 2 heterocycles. The molecule has 1 fully saturated rings. The van der Waals surface area contributed by atoms with Crippen LogP contribution in [0.2, 0.25) is 0 Å². The summed E-state index contributed by atoms with van der Waals surface area (Å²) >= 11 is 0. The van der Waals surface area contributed by atoms with Crippen LogP contribution >= 0.6 is 0 Å². The van der Waals surface area contributed by atoms with E-state index in [4.69, 9.17) is 9.47 Å². The standard InChI is InChI=1S/C29H30FNO4/c1-19-26-17-24(33)9-12-27(26)35-29(28(19)21-4-2-6-23(32)16-21)20-7-10-25(11-8-20)34-15-14-31-13-3-5-22(30)18-31/h2,4,6-12,16-17,22,29,32-33H,3,5,13-15,18H2,1H3/t22-,29?/m1/s1. The van der Waals surface area contributed by atoms with Gasteiger partial charge in [-0.15, -0.1) is 0 Å². The van der Waals surface area contributed by atoms with Crippen LogP contribution in [0.15, 0.2) is 66.7 Å². The van der Waals surface area contributed by atoms with Crippen molar-refractivity contribution in [1.29, 1.82) is 0 Å². The molecule has 2 atom stereocenters. The summed E-state index contributed by atoms with van der Waals surface area (Å²) < 4.78 is 26.0. The van der Waals surface area contributed by atoms with Crippen LogP contribution in [0, 0.1) is 0 Å². The predicted octanol–water partition coefficient (Wildman–Crippen LogP) is 5.97. The number of fused-ring (bicyclic) bond motifs is 1. The molecule has 3 aromatic rings. The zero-order valence-corrected chi connectivity index (χ0v) is 19.8. The molecule has 0 aromatic heterocycles. The molecule has 2 aliphatic heterocycles. The summed E-state index contributed by atoms with van der Waals surface area (Å²) in [5.41, 5.74) is 4.54. The van der Waals surface area contributed by atoms with E-state index in [1.165, 1.54) is 0 Å². The second kappa shape index (κ2) is 10.0. The number of hydrogen-bond donors (Lipinski definition) is 2. The fourth-order valence-corrected chi connectivity index (χ4v) is 4.95. The van der Waals surface area contributed by atoms with Crippen LogP contribution in [0.1, 0.15) is 42.6 Å². The minimum Gasteiger partial charge on any atom is -0.508 e. The highest BCUT2D eigenvalue weighted by atomic mass is 19.1. The molecule has 1 saturated heterocycles. The van der Waals surface area contributed by atoms with E-state index >= 15 is 0 Å². The van der Waals surface area contributed by atoms with Crippen molar-refractivity contribution >= 4 is 11.1 Å². The average molecular weight is 476 g/mol. The number of halogens is 1. The van der Waals surface area contributed by atoms with Crippen molar-refractivity contribution < 1.29 is 24.1 Å². The number of nitrogens with zero attached hydrogens (tertiary/aromatic N) is 1. The van der Waals surface area contributed by atoms with E-state index in [-0.39, 0.29) is 11.5 Å². The maximum absolute atomic E-state index is 13.6. The number of aromatic hydroxyl groups is 2. The highest BCUT2D eigenvalue weighted by molar-refractivity contribution is 5.95. The van der Waals surface area contributed by atoms with Crippen LogP contribution in [-0.2, 0) is 0 Å². The highest BCUT2D eigenvalue weighted by Crippen LogP contribution is 2.47. The zero-order chi connectivity index (χ0) is 24.4. The van der Waals surface area contributed by atoms with Gasteiger partial charge in [-0.25, -0.2) is 4.39 Å². The van der Waals surface area contributed by atoms with Crippen molar-refractivity contribution in [2.45, 2.75) is 32.0 Å². The minimum absolute atomic E-state index is 0.175. The number of ether oxygens (including phenoxy) is 2. The molecular weight excluding hydrogens is 445 g/mol. The Hall–Kier alpha value is -3.51. The lowest BCUT2D eigenvalue weighted by Gasteiger charge is -2.31. The molecule has 0 bridgehead atoms. The van der Waals surface area contributed by atoms with Gasteiger partial charge in [0.25, 0.3) is 0 Å². The van der Waals surface area contributed by atoms with E-state index in [9.17, 15) is 14.6 Å². The number of alkyl halides is 1. The normalized spacial score (nSPS) is 20.3. The van der Waals surface area contributed by atoms with Crippen molar-refractivity contribution in [2.75, 3.05) is 26.2 Å². The Balaban J connectivity index is 1.38. The first-order valence-corrected chi connectivity index (χ1v) is 12.1. The van der Waals surface area contributed by atoms with E-state index in [0.29, 0.717) is 31.9 Å². The summed E-state index contributed by atoms with van der Waals surface area (Å²) in [4.78, 5) is 2.11. The van der Waals surface area contributed by atoms with Gasteiger partial charge in [0.1, 0.15) is 41.9 Å². The van der Waals surface area contributed by atoms with Crippen molar-refractivity contribution in [3.63, 3.8) is 0 Å². The van der Waals surface area contributed by atoms with Crippen LogP contribution in [0.3, 0.4) is 0 Å². The predicted molar refractivity (Wildman–Crippen MR) is 135 cm³/mol. The lowest BCUT2D eigenvalue weighted by Crippen LogP contribution is -2.38. The number of allylic oxidation sites excluding steroid dienone is 1. The summed E-state index contributed by atoms with van der Waals surface area (Å²) in [5, 5.41) is 20.1. The number of rotatable bonds is 6. The smallest absolute Gasteiger partial charge is 0.150 e. The Morgan fingerprint density at radius 3 is 2.60 bits per heavy atom. The van der Waals surface area contributed by atoms with Crippen LogP contribution in [0.25, 0.3) is 11.1 Å². The summed E-state index contributed by atoms with van der Waals surface area (Å²) in [7, 11) is 0. The molecular formula is C29H30FNO4. The number of phenolic OH excluding ortho intramolecular Hbond substituents is 2. The second-order valence-electron chi connectivity index (χ2n) is 9.22. The van der Waals surface area contributed by atoms with Gasteiger partial charge >= 0.3 is 0 Å². The molecule has 2 N–H and O–H groups in total. The van der Waals surface area contributed by atoms with Crippen LogP contribution in [0.4, 0.5) is 4.39 Å². The summed E-state index contributed by atoms with van der Waals surface area (Å²) in [6, 6.07) is 20.0. The average Bonchev–Trinajstić information content (AvgIpc) is 2.85. The molecule has 0 amide bonds. The van der Waals surface area contributed by atoms with Gasteiger partial charge in [0.15, 0.2) is 0 Å². The molecule has 0 aliphatic carbocycles. The van der Waals surface area contributed by atoms with Gasteiger partial charge in [0.05, 0.1) is 0 Å². The van der Waals surface area contributed by atoms with E-state index in [0.717, 1.165) is 46.6 Å². The first-order chi connectivity index (χ1) is 17.0. The minimum atomic E-state index is -0.732. The second-order valence-corrected chi connectivity index (χ2v) is 9.22. The number of phenols is 2. The van der Waals surface area contributed by atoms with Gasteiger partial charge in [-0.05, 0) is 85.5 Å². The Kier molecular flexibility index (Phi) is 6.64. The number of piperidine rings is 1. The maximum Gasteiger partial charge on any atom is 0.150 e. The molecule has 0 saturated carbocycles. The zero-order valence-electron chi connectivity index (χ0n) is 19.8. The van der Waals surface area contributed by atoms with Gasteiger partial charge in [0, 0.05) is 24.2 Å². The van der Waals surface area contributed by atoms with Gasteiger partial charge in [0.2, 0.25) is 0 Å². The third-order valence-corrected chi connectivity index (χ3v) is 6.74. The maximum atomic E-state index is 13.6. The molecule has 1 unspecified atom stereocenters. The monoisotopic (exact) mass is 475 g/mol. The number of benzene rings is 3. The molecule has 35 heavy (non-hydrogen) atoms. The van der Waals surface area contributed by atoms with E-state index in [2.05, 4.69) is 4.90 Å². The summed E-state index contributed by atoms with van der Waals surface area (Å²) in [6.07, 6.45) is 0.434. The van der Waals surface area contributed by atoms with E-state index < -0.39 is 12.3 Å². The fourth-order valence-electron chi connectivity index (χ4n) is 4.95. The first kappa shape index (κ1) is 23.2. The van der Waals surface area contributed by atoms with Crippen LogP contribution < -0.4 is 9.47 Å². The van der Waals surface area contributed by atoms with Crippen molar-refractivity contribution in [2.24, 2.45) is 0 Å². The highest BCUT2D eigenvalue weighted by Gasteiger charge is 2.29. The van der Waals surface area contributed by atoms with Crippen LogP contribution in [0.5, 0.6) is 23.0 Å². The van der Waals surface area contributed by atoms with Crippen LogP contribution in [-0.4, -0.2) is 47.5 Å². The molecule has 5 nitrogen and oxygen atoms in total. The van der Waals surface area contributed by atoms with Crippen molar-refractivity contribution in [1.82, 2.24) is 4.90 Å². The van der Waals surface area contributed by atoms with Crippen molar-refractivity contribution in [3.05, 3.63) is 83.4 Å². The SMILES string of the molecule is CC1=C(c2cccc(O)c2)C(c2ccc(OCCN3CCC[C@@H](F)C3)cc2)Oc2ccc(O)cc21. The number of hydrogen-bond acceptors (Lipinski definition) is 5. The lowest BCUT2D eigenvalue weighted by atomic mass is 9.86. The van der Waals surface area contributed by atoms with E-state index in [1.54, 1.807) is 30.3 Å². The van der Waals surface area contributed by atoms with Gasteiger partial charge in [-0.2, -0.15) is 0 Å².